The number of ether oxygens (including phenoxy) is 2. The zero-order valence-electron chi connectivity index (χ0n) is 22.5. The van der Waals surface area contributed by atoms with Gasteiger partial charge in [0, 0.05) is 36.1 Å². The second kappa shape index (κ2) is 14.5. The van der Waals surface area contributed by atoms with Crippen LogP contribution in [-0.4, -0.2) is 47.0 Å². The van der Waals surface area contributed by atoms with Gasteiger partial charge in [0.1, 0.15) is 0 Å². The van der Waals surface area contributed by atoms with Crippen molar-refractivity contribution < 1.29 is 24.5 Å². The molecule has 1 saturated heterocycles. The van der Waals surface area contributed by atoms with Gasteiger partial charge < -0.3 is 30.3 Å². The average Bonchev–Trinajstić information content (AvgIpc) is 2.97. The Morgan fingerprint density at radius 3 is 2.36 bits per heavy atom. The van der Waals surface area contributed by atoms with Gasteiger partial charge in [-0.2, -0.15) is 11.8 Å². The molecule has 0 bridgehead atoms. The summed E-state index contributed by atoms with van der Waals surface area (Å²) in [7, 11) is 0. The monoisotopic (exact) mass is 550 g/mol. The van der Waals surface area contributed by atoms with Gasteiger partial charge in [-0.3, -0.25) is 0 Å². The number of nitrogens with one attached hydrogen (secondary N) is 2. The fraction of sp³-hybridized carbons (Fsp3) is 0.387. The highest BCUT2D eigenvalue weighted by molar-refractivity contribution is 7.99. The van der Waals surface area contributed by atoms with E-state index < -0.39 is 6.29 Å². The first-order chi connectivity index (χ1) is 19.0. The number of aliphatic hydroxyl groups excluding tert-OH is 2. The molecule has 7 nitrogen and oxygen atoms in total. The van der Waals surface area contributed by atoms with Crippen molar-refractivity contribution in [3.8, 4) is 11.1 Å². The molecule has 1 aliphatic rings. The van der Waals surface area contributed by atoms with Crippen molar-refractivity contribution in [2.24, 2.45) is 5.92 Å². The molecule has 3 aromatic carbocycles. The molecule has 8 heteroatoms. The fourth-order valence-electron chi connectivity index (χ4n) is 4.70. The van der Waals surface area contributed by atoms with Crippen LogP contribution < -0.4 is 10.6 Å². The van der Waals surface area contributed by atoms with Crippen LogP contribution in [0.4, 0.5) is 4.79 Å². The van der Waals surface area contributed by atoms with Crippen LogP contribution in [0.1, 0.15) is 48.5 Å². The van der Waals surface area contributed by atoms with Gasteiger partial charge in [0.05, 0.1) is 25.4 Å². The summed E-state index contributed by atoms with van der Waals surface area (Å²) in [6, 6.07) is 24.0. The van der Waals surface area contributed by atoms with Crippen LogP contribution in [0.25, 0.3) is 11.1 Å². The molecule has 0 aromatic heterocycles. The van der Waals surface area contributed by atoms with E-state index >= 15 is 0 Å². The van der Waals surface area contributed by atoms with Gasteiger partial charge in [0.15, 0.2) is 6.29 Å². The predicted molar refractivity (Wildman–Crippen MR) is 155 cm³/mol. The molecule has 208 valence electrons. The van der Waals surface area contributed by atoms with Gasteiger partial charge in [0.2, 0.25) is 0 Å². The zero-order valence-corrected chi connectivity index (χ0v) is 23.3. The highest BCUT2D eigenvalue weighted by Gasteiger charge is 2.38. The molecule has 2 amide bonds. The lowest BCUT2D eigenvalue weighted by molar-refractivity contribution is -0.268. The Hall–Kier alpha value is -2.88. The molecular weight excluding hydrogens is 512 g/mol. The quantitative estimate of drug-likeness (QED) is 0.246. The van der Waals surface area contributed by atoms with Gasteiger partial charge in [-0.15, -0.1) is 0 Å². The molecule has 0 unspecified atom stereocenters. The van der Waals surface area contributed by atoms with Gasteiger partial charge in [-0.25, -0.2) is 4.79 Å². The zero-order chi connectivity index (χ0) is 27.6. The smallest absolute Gasteiger partial charge is 0.315 e. The lowest BCUT2D eigenvalue weighted by atomic mass is 9.91. The van der Waals surface area contributed by atoms with Gasteiger partial charge in [0.25, 0.3) is 0 Å². The number of benzene rings is 3. The van der Waals surface area contributed by atoms with E-state index in [2.05, 4.69) is 41.8 Å². The third-order valence-electron chi connectivity index (χ3n) is 6.85. The van der Waals surface area contributed by atoms with Gasteiger partial charge >= 0.3 is 6.03 Å². The number of rotatable bonds is 11. The van der Waals surface area contributed by atoms with Crippen LogP contribution in [-0.2, 0) is 22.6 Å². The van der Waals surface area contributed by atoms with E-state index in [1.807, 2.05) is 55.5 Å². The van der Waals surface area contributed by atoms with Crippen molar-refractivity contribution >= 4 is 17.8 Å². The molecule has 1 fully saturated rings. The minimum atomic E-state index is -0.550. The van der Waals surface area contributed by atoms with E-state index in [0.717, 1.165) is 39.1 Å². The molecule has 4 atom stereocenters. The average molecular weight is 551 g/mol. The molecule has 4 rings (SSSR count). The van der Waals surface area contributed by atoms with Crippen LogP contribution in [0.15, 0.2) is 72.8 Å². The summed E-state index contributed by atoms with van der Waals surface area (Å²) in [5.74, 6) is 1.52. The van der Waals surface area contributed by atoms with Crippen molar-refractivity contribution in [1.82, 2.24) is 10.6 Å². The first-order valence-electron chi connectivity index (χ1n) is 13.4. The van der Waals surface area contributed by atoms with Gasteiger partial charge in [-0.1, -0.05) is 67.6 Å². The van der Waals surface area contributed by atoms with Crippen LogP contribution in [0.2, 0.25) is 0 Å². The molecular formula is C31H38N2O5S. The van der Waals surface area contributed by atoms with Crippen molar-refractivity contribution in [2.75, 3.05) is 24.7 Å². The summed E-state index contributed by atoms with van der Waals surface area (Å²) in [5.41, 5.74) is 5.93. The number of carbonyl (C=O) groups is 1. The van der Waals surface area contributed by atoms with Gasteiger partial charge in [-0.05, 0) is 46.9 Å². The lowest BCUT2D eigenvalue weighted by Crippen LogP contribution is -2.38. The molecule has 0 saturated carbocycles. The third-order valence-corrected chi connectivity index (χ3v) is 7.89. The summed E-state index contributed by atoms with van der Waals surface area (Å²) in [5, 5.41) is 24.4. The van der Waals surface area contributed by atoms with Crippen LogP contribution >= 0.6 is 11.8 Å². The van der Waals surface area contributed by atoms with E-state index in [1.54, 1.807) is 11.8 Å². The Bertz CT molecular complexity index is 1210. The summed E-state index contributed by atoms with van der Waals surface area (Å²) >= 11 is 1.68. The molecule has 0 radical (unpaired) electrons. The van der Waals surface area contributed by atoms with Crippen LogP contribution in [0.3, 0.4) is 0 Å². The molecule has 3 aromatic rings. The van der Waals surface area contributed by atoms with E-state index in [0.29, 0.717) is 18.8 Å². The Labute approximate surface area is 234 Å². The number of carbonyl (C=O) groups excluding carboxylic acids is 1. The summed E-state index contributed by atoms with van der Waals surface area (Å²) in [6.45, 7) is 5.19. The largest absolute Gasteiger partial charge is 0.396 e. The summed E-state index contributed by atoms with van der Waals surface area (Å²) < 4.78 is 13.1. The van der Waals surface area contributed by atoms with Crippen molar-refractivity contribution in [1.29, 1.82) is 0 Å². The maximum atomic E-state index is 11.8. The fourth-order valence-corrected chi connectivity index (χ4v) is 5.62. The first kappa shape index (κ1) is 29.1. The number of aliphatic hydroxyl groups is 2. The van der Waals surface area contributed by atoms with E-state index in [1.165, 1.54) is 0 Å². The standard InChI is InChI=1S/C31H38N2O5S/c1-3-32-31(36)33-18-23-6-4-7-25(16-23)26-8-5-9-27(17-26)30-37-28(20-39-15-14-34)21(2)29(38-30)24-12-10-22(19-35)11-13-24/h4-13,16-17,21,28-30,34-35H,3,14-15,18-20H2,1-2H3,(H2,32,33,36)/t21-,28+,29+,30+/m0/s1. The summed E-state index contributed by atoms with van der Waals surface area (Å²) in [6.07, 6.45) is -0.787. The van der Waals surface area contributed by atoms with Crippen molar-refractivity contribution in [3.05, 3.63) is 95.1 Å². The van der Waals surface area contributed by atoms with E-state index in [-0.39, 0.29) is 37.4 Å². The number of hydrogen-bond donors (Lipinski definition) is 4. The Balaban J connectivity index is 1.56. The second-order valence-electron chi connectivity index (χ2n) is 9.66. The molecule has 4 N–H and O–H groups in total. The third kappa shape index (κ3) is 7.84. The molecule has 1 aliphatic heterocycles. The molecule has 0 spiro atoms. The number of urea groups is 1. The van der Waals surface area contributed by atoms with Crippen LogP contribution in [0, 0.1) is 5.92 Å². The van der Waals surface area contributed by atoms with Crippen LogP contribution in [0.5, 0.6) is 0 Å². The maximum Gasteiger partial charge on any atom is 0.315 e. The number of thioether (sulfide) groups is 1. The van der Waals surface area contributed by atoms with E-state index in [9.17, 15) is 15.0 Å². The minimum absolute atomic E-state index is 0.00348. The Morgan fingerprint density at radius 1 is 0.897 bits per heavy atom. The first-order valence-corrected chi connectivity index (χ1v) is 14.6. The van der Waals surface area contributed by atoms with Crippen molar-refractivity contribution in [2.45, 2.75) is 45.5 Å². The highest BCUT2D eigenvalue weighted by Crippen LogP contribution is 2.43. The molecule has 39 heavy (non-hydrogen) atoms. The Morgan fingerprint density at radius 2 is 1.64 bits per heavy atom. The normalized spacial score (nSPS) is 20.9. The number of hydrogen-bond acceptors (Lipinski definition) is 6. The molecule has 0 aliphatic carbocycles. The number of amides is 2. The minimum Gasteiger partial charge on any atom is -0.396 e. The predicted octanol–water partition coefficient (Wildman–Crippen LogP) is 5.18. The summed E-state index contributed by atoms with van der Waals surface area (Å²) in [4.78, 5) is 11.8. The molecule has 1 heterocycles. The SMILES string of the molecule is CCNC(=O)NCc1cccc(-c2cccc([C@@H]3O[C@H](CSCCO)[C@H](C)[C@H](c4ccc(CO)cc4)O3)c2)c1. The Kier molecular flexibility index (Phi) is 10.8. The van der Waals surface area contributed by atoms with E-state index in [4.69, 9.17) is 9.47 Å². The topological polar surface area (TPSA) is 100 Å². The second-order valence-corrected chi connectivity index (χ2v) is 10.8. The highest BCUT2D eigenvalue weighted by atomic mass is 32.2. The lowest BCUT2D eigenvalue weighted by Gasteiger charge is -2.41. The maximum absolute atomic E-state index is 11.8. The van der Waals surface area contributed by atoms with Crippen molar-refractivity contribution in [3.63, 3.8) is 0 Å².